The first kappa shape index (κ1) is 14.4. The number of rotatable bonds is 4. The molecule has 0 aliphatic rings. The summed E-state index contributed by atoms with van der Waals surface area (Å²) in [4.78, 5) is 10.1. The highest BCUT2D eigenvalue weighted by molar-refractivity contribution is 6.31. The van der Waals surface area contributed by atoms with Gasteiger partial charge in [0.05, 0.1) is 22.7 Å². The van der Waals surface area contributed by atoms with E-state index in [0.29, 0.717) is 22.8 Å². The lowest BCUT2D eigenvalue weighted by molar-refractivity contribution is -0.384. The van der Waals surface area contributed by atoms with E-state index in [4.69, 9.17) is 11.6 Å². The van der Waals surface area contributed by atoms with E-state index in [1.54, 1.807) is 26.1 Å². The fourth-order valence-corrected chi connectivity index (χ4v) is 1.84. The predicted octanol–water partition coefficient (Wildman–Crippen LogP) is 2.12. The van der Waals surface area contributed by atoms with Gasteiger partial charge in [0.2, 0.25) is 0 Å². The maximum Gasteiger partial charge on any atom is 0.270 e. The summed E-state index contributed by atoms with van der Waals surface area (Å²) in [6.07, 6.45) is 1.61. The van der Waals surface area contributed by atoms with Crippen molar-refractivity contribution in [1.29, 1.82) is 0 Å². The molecule has 0 fully saturated rings. The Labute approximate surface area is 119 Å². The smallest absolute Gasteiger partial charge is 0.270 e. The van der Waals surface area contributed by atoms with Crippen LogP contribution in [0.25, 0.3) is 0 Å². The second-order valence-corrected chi connectivity index (χ2v) is 5.30. The SMILES string of the molecule is CC(C)(O)c1cn(Cc2ccc([N+](=O)[O-])cc2Cl)nn1. The average molecular weight is 297 g/mol. The van der Waals surface area contributed by atoms with Gasteiger partial charge in [0.1, 0.15) is 11.3 Å². The molecule has 0 bridgehead atoms. The summed E-state index contributed by atoms with van der Waals surface area (Å²) in [5, 5.41) is 28.5. The van der Waals surface area contributed by atoms with Crippen molar-refractivity contribution in [2.24, 2.45) is 0 Å². The standard InChI is InChI=1S/C12H13ClN4O3/c1-12(2,18)11-7-16(15-14-11)6-8-3-4-9(17(19)20)5-10(8)13/h3-5,7,18H,6H2,1-2H3. The lowest BCUT2D eigenvalue weighted by Gasteiger charge is -2.11. The van der Waals surface area contributed by atoms with Gasteiger partial charge in [-0.1, -0.05) is 16.8 Å². The molecule has 2 rings (SSSR count). The third-order valence-corrected chi connectivity index (χ3v) is 3.10. The molecule has 7 nitrogen and oxygen atoms in total. The number of halogens is 1. The summed E-state index contributed by atoms with van der Waals surface area (Å²) in [7, 11) is 0. The second-order valence-electron chi connectivity index (χ2n) is 4.89. The minimum Gasteiger partial charge on any atom is -0.384 e. The van der Waals surface area contributed by atoms with Gasteiger partial charge in [-0.15, -0.1) is 5.10 Å². The Bertz CT molecular complexity index is 648. The quantitative estimate of drug-likeness (QED) is 0.689. The van der Waals surface area contributed by atoms with Gasteiger partial charge < -0.3 is 5.11 Å². The minimum absolute atomic E-state index is 0.0606. The van der Waals surface area contributed by atoms with Gasteiger partial charge in [-0.05, 0) is 25.5 Å². The molecule has 0 radical (unpaired) electrons. The van der Waals surface area contributed by atoms with Gasteiger partial charge >= 0.3 is 0 Å². The summed E-state index contributed by atoms with van der Waals surface area (Å²) in [6, 6.07) is 4.26. The normalized spacial score (nSPS) is 11.6. The van der Waals surface area contributed by atoms with Gasteiger partial charge in [-0.3, -0.25) is 10.1 Å². The van der Waals surface area contributed by atoms with E-state index in [0.717, 1.165) is 0 Å². The van der Waals surface area contributed by atoms with E-state index in [1.807, 2.05) is 0 Å². The van der Waals surface area contributed by atoms with Crippen molar-refractivity contribution in [2.45, 2.75) is 26.0 Å². The van der Waals surface area contributed by atoms with E-state index < -0.39 is 10.5 Å². The molecule has 8 heteroatoms. The van der Waals surface area contributed by atoms with Gasteiger partial charge in [0.15, 0.2) is 0 Å². The Morgan fingerprint density at radius 2 is 2.20 bits per heavy atom. The van der Waals surface area contributed by atoms with E-state index in [-0.39, 0.29) is 5.69 Å². The fraction of sp³-hybridized carbons (Fsp3) is 0.333. The second kappa shape index (κ2) is 5.18. The lowest BCUT2D eigenvalue weighted by Crippen LogP contribution is -2.15. The highest BCUT2D eigenvalue weighted by Crippen LogP contribution is 2.23. The van der Waals surface area contributed by atoms with Gasteiger partial charge in [0, 0.05) is 12.1 Å². The van der Waals surface area contributed by atoms with Crippen LogP contribution in [0.1, 0.15) is 25.1 Å². The lowest BCUT2D eigenvalue weighted by atomic mass is 10.1. The minimum atomic E-state index is -1.07. The molecule has 0 unspecified atom stereocenters. The van der Waals surface area contributed by atoms with Crippen LogP contribution >= 0.6 is 11.6 Å². The van der Waals surface area contributed by atoms with Crippen LogP contribution in [0.5, 0.6) is 0 Å². The molecule has 0 saturated carbocycles. The molecule has 2 aromatic rings. The highest BCUT2D eigenvalue weighted by Gasteiger charge is 2.20. The molecule has 1 aromatic heterocycles. The van der Waals surface area contributed by atoms with E-state index in [2.05, 4.69) is 10.3 Å². The Balaban J connectivity index is 2.22. The van der Waals surface area contributed by atoms with Crippen molar-refractivity contribution in [3.8, 4) is 0 Å². The first-order valence-electron chi connectivity index (χ1n) is 5.83. The molecule has 20 heavy (non-hydrogen) atoms. The summed E-state index contributed by atoms with van der Waals surface area (Å²) in [6.45, 7) is 3.54. The third-order valence-electron chi connectivity index (χ3n) is 2.75. The zero-order chi connectivity index (χ0) is 14.9. The zero-order valence-corrected chi connectivity index (χ0v) is 11.7. The number of hydrogen-bond acceptors (Lipinski definition) is 5. The van der Waals surface area contributed by atoms with Crippen molar-refractivity contribution in [2.75, 3.05) is 0 Å². The van der Waals surface area contributed by atoms with E-state index >= 15 is 0 Å². The fourth-order valence-electron chi connectivity index (χ4n) is 1.61. The number of nitrogens with zero attached hydrogens (tertiary/aromatic N) is 4. The van der Waals surface area contributed by atoms with Crippen LogP contribution in [0.2, 0.25) is 5.02 Å². The van der Waals surface area contributed by atoms with Crippen LogP contribution in [-0.4, -0.2) is 25.0 Å². The third kappa shape index (κ3) is 3.12. The van der Waals surface area contributed by atoms with E-state index in [9.17, 15) is 15.2 Å². The summed E-state index contributed by atoms with van der Waals surface area (Å²) >= 11 is 6.00. The van der Waals surface area contributed by atoms with Gasteiger partial charge in [-0.25, -0.2) is 4.68 Å². The maximum atomic E-state index is 10.6. The first-order valence-corrected chi connectivity index (χ1v) is 6.21. The number of nitro benzene ring substituents is 1. The Hall–Kier alpha value is -1.99. The Morgan fingerprint density at radius 1 is 1.50 bits per heavy atom. The number of nitro groups is 1. The molecule has 1 heterocycles. The Kier molecular flexibility index (Phi) is 3.74. The molecule has 1 N–H and O–H groups in total. The van der Waals surface area contributed by atoms with Gasteiger partial charge in [0.25, 0.3) is 5.69 Å². The van der Waals surface area contributed by atoms with Crippen LogP contribution in [0.4, 0.5) is 5.69 Å². The van der Waals surface area contributed by atoms with Crippen molar-refractivity contribution >= 4 is 17.3 Å². The first-order chi connectivity index (χ1) is 9.27. The number of aromatic nitrogens is 3. The van der Waals surface area contributed by atoms with Crippen LogP contribution in [0, 0.1) is 10.1 Å². The summed E-state index contributed by atoms with van der Waals surface area (Å²) < 4.78 is 1.51. The maximum absolute atomic E-state index is 10.6. The number of benzene rings is 1. The van der Waals surface area contributed by atoms with Crippen LogP contribution in [0.15, 0.2) is 24.4 Å². The van der Waals surface area contributed by atoms with Gasteiger partial charge in [-0.2, -0.15) is 0 Å². The van der Waals surface area contributed by atoms with Crippen molar-refractivity contribution in [1.82, 2.24) is 15.0 Å². The molecule has 1 aromatic carbocycles. The van der Waals surface area contributed by atoms with Crippen LogP contribution in [-0.2, 0) is 12.1 Å². The number of non-ortho nitro benzene ring substituents is 1. The average Bonchev–Trinajstić information content (AvgIpc) is 2.80. The molecule has 0 aliphatic heterocycles. The summed E-state index contributed by atoms with van der Waals surface area (Å²) in [5.74, 6) is 0. The predicted molar refractivity (Wildman–Crippen MR) is 72.5 cm³/mol. The molecule has 0 atom stereocenters. The molecule has 106 valence electrons. The molecule has 0 spiro atoms. The number of hydrogen-bond donors (Lipinski definition) is 1. The molecular formula is C12H13ClN4O3. The van der Waals surface area contributed by atoms with Crippen molar-refractivity contribution in [3.63, 3.8) is 0 Å². The van der Waals surface area contributed by atoms with Crippen molar-refractivity contribution < 1.29 is 10.0 Å². The number of aliphatic hydroxyl groups is 1. The Morgan fingerprint density at radius 3 is 2.70 bits per heavy atom. The largest absolute Gasteiger partial charge is 0.384 e. The topological polar surface area (TPSA) is 94.1 Å². The van der Waals surface area contributed by atoms with Crippen LogP contribution in [0.3, 0.4) is 0 Å². The summed E-state index contributed by atoms with van der Waals surface area (Å²) in [5.41, 5.74) is -0.00754. The van der Waals surface area contributed by atoms with Crippen LogP contribution < -0.4 is 0 Å². The van der Waals surface area contributed by atoms with Crippen molar-refractivity contribution in [3.05, 3.63) is 50.8 Å². The monoisotopic (exact) mass is 296 g/mol. The zero-order valence-electron chi connectivity index (χ0n) is 10.9. The molecule has 0 aliphatic carbocycles. The van der Waals surface area contributed by atoms with E-state index in [1.165, 1.54) is 16.8 Å². The molecule has 0 amide bonds. The highest BCUT2D eigenvalue weighted by atomic mass is 35.5. The molecular weight excluding hydrogens is 284 g/mol. The molecule has 0 saturated heterocycles.